The molecule has 1 heterocycles. The van der Waals surface area contributed by atoms with Crippen LogP contribution in [0.2, 0.25) is 0 Å². The van der Waals surface area contributed by atoms with Crippen molar-refractivity contribution in [3.8, 4) is 0 Å². The number of hydrogen-bond acceptors (Lipinski definition) is 4. The quantitative estimate of drug-likeness (QED) is 0.677. The zero-order chi connectivity index (χ0) is 14.0. The lowest BCUT2D eigenvalue weighted by molar-refractivity contribution is -0.384. The summed E-state index contributed by atoms with van der Waals surface area (Å²) in [6, 6.07) is 2.29. The monoisotopic (exact) mass is 332 g/mol. The van der Waals surface area contributed by atoms with E-state index in [1.807, 2.05) is 6.92 Å². The van der Waals surface area contributed by atoms with Crippen molar-refractivity contribution in [3.63, 3.8) is 0 Å². The third kappa shape index (κ3) is 3.22. The van der Waals surface area contributed by atoms with Crippen LogP contribution in [0.3, 0.4) is 0 Å². The molecule has 19 heavy (non-hydrogen) atoms. The molecule has 0 saturated carbocycles. The summed E-state index contributed by atoms with van der Waals surface area (Å²) in [5, 5.41) is 13.9. The number of hydrogen-bond donors (Lipinski definition) is 1. The Hall–Kier alpha value is -1.21. The van der Waals surface area contributed by atoms with Crippen LogP contribution in [0.15, 0.2) is 16.6 Å². The number of nitro groups is 1. The number of anilines is 1. The minimum absolute atomic E-state index is 0.193. The SMILES string of the molecule is CC1(CNc2cc(Br)c(F)cc2[N+](=O)[O-])CCCO1. The van der Waals surface area contributed by atoms with Crippen molar-refractivity contribution < 1.29 is 14.1 Å². The lowest BCUT2D eigenvalue weighted by atomic mass is 10.0. The first-order valence-electron chi connectivity index (χ1n) is 5.92. The van der Waals surface area contributed by atoms with Crippen molar-refractivity contribution in [1.82, 2.24) is 0 Å². The van der Waals surface area contributed by atoms with Gasteiger partial charge < -0.3 is 10.1 Å². The highest BCUT2D eigenvalue weighted by Gasteiger charge is 2.30. The normalized spacial score (nSPS) is 22.5. The van der Waals surface area contributed by atoms with Crippen molar-refractivity contribution in [2.45, 2.75) is 25.4 Å². The second-order valence-corrected chi connectivity index (χ2v) is 5.65. The zero-order valence-corrected chi connectivity index (χ0v) is 12.0. The predicted molar refractivity (Wildman–Crippen MR) is 72.8 cm³/mol. The highest BCUT2D eigenvalue weighted by atomic mass is 79.9. The Bertz CT molecular complexity index is 504. The lowest BCUT2D eigenvalue weighted by Gasteiger charge is -2.24. The van der Waals surface area contributed by atoms with Gasteiger partial charge in [0.15, 0.2) is 0 Å². The van der Waals surface area contributed by atoms with Gasteiger partial charge in [-0.3, -0.25) is 10.1 Å². The Morgan fingerprint density at radius 2 is 2.37 bits per heavy atom. The van der Waals surface area contributed by atoms with Crippen LogP contribution >= 0.6 is 15.9 Å². The van der Waals surface area contributed by atoms with Gasteiger partial charge in [0.1, 0.15) is 11.5 Å². The van der Waals surface area contributed by atoms with E-state index in [0.29, 0.717) is 13.2 Å². The molecule has 1 saturated heterocycles. The molecule has 1 aliphatic heterocycles. The average molecular weight is 333 g/mol. The van der Waals surface area contributed by atoms with Crippen LogP contribution in [-0.2, 0) is 4.74 Å². The number of nitrogens with zero attached hydrogens (tertiary/aromatic N) is 1. The molecule has 1 N–H and O–H groups in total. The number of nitrogens with one attached hydrogen (secondary N) is 1. The van der Waals surface area contributed by atoms with Crippen LogP contribution in [0, 0.1) is 15.9 Å². The number of benzene rings is 1. The minimum atomic E-state index is -0.652. The molecule has 1 aromatic rings. The summed E-state index contributed by atoms with van der Waals surface area (Å²) in [6.45, 7) is 3.11. The van der Waals surface area contributed by atoms with Crippen LogP contribution in [0.5, 0.6) is 0 Å². The van der Waals surface area contributed by atoms with Crippen molar-refractivity contribution in [2.24, 2.45) is 0 Å². The second kappa shape index (κ2) is 5.42. The topological polar surface area (TPSA) is 64.4 Å². The fourth-order valence-electron chi connectivity index (χ4n) is 2.09. The van der Waals surface area contributed by atoms with E-state index in [0.717, 1.165) is 18.9 Å². The number of ether oxygens (including phenoxy) is 1. The Balaban J connectivity index is 2.19. The molecule has 104 valence electrons. The maximum Gasteiger partial charge on any atom is 0.295 e. The Labute approximate surface area is 118 Å². The van der Waals surface area contributed by atoms with Crippen LogP contribution in [0.25, 0.3) is 0 Å². The smallest absolute Gasteiger partial charge is 0.295 e. The molecule has 1 atom stereocenters. The highest BCUT2D eigenvalue weighted by molar-refractivity contribution is 9.10. The van der Waals surface area contributed by atoms with Gasteiger partial charge in [0.25, 0.3) is 5.69 Å². The molecule has 0 radical (unpaired) electrons. The van der Waals surface area contributed by atoms with Crippen LogP contribution in [0.1, 0.15) is 19.8 Å². The van der Waals surface area contributed by atoms with Gasteiger partial charge >= 0.3 is 0 Å². The van der Waals surface area contributed by atoms with E-state index in [4.69, 9.17) is 4.74 Å². The van der Waals surface area contributed by atoms with Crippen molar-refractivity contribution in [1.29, 1.82) is 0 Å². The Morgan fingerprint density at radius 1 is 1.63 bits per heavy atom. The molecule has 0 amide bonds. The van der Waals surface area contributed by atoms with E-state index in [1.54, 1.807) is 0 Å². The summed E-state index contributed by atoms with van der Waals surface area (Å²) in [7, 11) is 0. The van der Waals surface area contributed by atoms with Gasteiger partial charge in [0, 0.05) is 13.2 Å². The lowest BCUT2D eigenvalue weighted by Crippen LogP contribution is -2.32. The van der Waals surface area contributed by atoms with Gasteiger partial charge in [-0.2, -0.15) is 0 Å². The summed E-state index contributed by atoms with van der Waals surface area (Å²) in [4.78, 5) is 10.3. The second-order valence-electron chi connectivity index (χ2n) is 4.80. The summed E-state index contributed by atoms with van der Waals surface area (Å²) >= 11 is 3.03. The maximum atomic E-state index is 13.3. The summed E-state index contributed by atoms with van der Waals surface area (Å²) < 4.78 is 19.1. The van der Waals surface area contributed by atoms with Gasteiger partial charge in [-0.25, -0.2) is 4.39 Å². The van der Waals surface area contributed by atoms with E-state index in [2.05, 4.69) is 21.2 Å². The first kappa shape index (κ1) is 14.2. The standard InChI is InChI=1S/C12H14BrFN2O3/c1-12(3-2-4-19-12)7-15-10-5-8(13)9(14)6-11(10)16(17)18/h5-6,15H,2-4,7H2,1H3. The van der Waals surface area contributed by atoms with E-state index in [1.165, 1.54) is 6.07 Å². The van der Waals surface area contributed by atoms with Crippen LogP contribution in [-0.4, -0.2) is 23.7 Å². The fourth-order valence-corrected chi connectivity index (χ4v) is 2.43. The molecule has 1 aromatic carbocycles. The number of rotatable bonds is 4. The minimum Gasteiger partial charge on any atom is -0.377 e. The summed E-state index contributed by atoms with van der Waals surface area (Å²) in [5.74, 6) is -0.652. The molecule has 1 fully saturated rings. The first-order chi connectivity index (χ1) is 8.91. The average Bonchev–Trinajstić information content (AvgIpc) is 2.77. The van der Waals surface area contributed by atoms with Gasteiger partial charge in [0.05, 0.1) is 21.1 Å². The molecule has 0 aromatic heterocycles. The molecule has 0 aliphatic carbocycles. The molecule has 1 unspecified atom stereocenters. The summed E-state index contributed by atoms with van der Waals surface area (Å²) in [5.41, 5.74) is -0.313. The molecule has 0 bridgehead atoms. The zero-order valence-electron chi connectivity index (χ0n) is 10.4. The van der Waals surface area contributed by atoms with E-state index < -0.39 is 10.7 Å². The Morgan fingerprint density at radius 3 is 2.95 bits per heavy atom. The highest BCUT2D eigenvalue weighted by Crippen LogP contribution is 2.32. The maximum absolute atomic E-state index is 13.3. The first-order valence-corrected chi connectivity index (χ1v) is 6.72. The van der Waals surface area contributed by atoms with Crippen molar-refractivity contribution in [2.75, 3.05) is 18.5 Å². The van der Waals surface area contributed by atoms with Crippen molar-refractivity contribution >= 4 is 27.3 Å². The predicted octanol–water partition coefficient (Wildman–Crippen LogP) is 3.48. The molecule has 2 rings (SSSR count). The van der Waals surface area contributed by atoms with E-state index in [-0.39, 0.29) is 21.4 Å². The molecular formula is C12H14BrFN2O3. The van der Waals surface area contributed by atoms with E-state index in [9.17, 15) is 14.5 Å². The van der Waals surface area contributed by atoms with E-state index >= 15 is 0 Å². The summed E-state index contributed by atoms with van der Waals surface area (Å²) in [6.07, 6.45) is 1.88. The molecule has 7 heteroatoms. The van der Waals surface area contributed by atoms with Crippen LogP contribution in [0.4, 0.5) is 15.8 Å². The van der Waals surface area contributed by atoms with Gasteiger partial charge in [-0.15, -0.1) is 0 Å². The third-order valence-corrected chi connectivity index (χ3v) is 3.80. The molecule has 5 nitrogen and oxygen atoms in total. The van der Waals surface area contributed by atoms with Gasteiger partial charge in [0.2, 0.25) is 0 Å². The van der Waals surface area contributed by atoms with Gasteiger partial charge in [-0.05, 0) is 41.8 Å². The molecular weight excluding hydrogens is 319 g/mol. The molecule has 0 spiro atoms. The number of halogens is 2. The third-order valence-electron chi connectivity index (χ3n) is 3.19. The Kier molecular flexibility index (Phi) is 4.05. The van der Waals surface area contributed by atoms with Crippen molar-refractivity contribution in [3.05, 3.63) is 32.5 Å². The molecule has 1 aliphatic rings. The van der Waals surface area contributed by atoms with Gasteiger partial charge in [-0.1, -0.05) is 0 Å². The van der Waals surface area contributed by atoms with Crippen LogP contribution < -0.4 is 5.32 Å². The number of nitro benzene ring substituents is 1. The largest absolute Gasteiger partial charge is 0.377 e. The fraction of sp³-hybridized carbons (Fsp3) is 0.500.